The molecule has 0 heterocycles. The second-order valence-electron chi connectivity index (χ2n) is 5.33. The van der Waals surface area contributed by atoms with Crippen molar-refractivity contribution in [1.82, 2.24) is 15.1 Å². The van der Waals surface area contributed by atoms with Crippen LogP contribution in [-0.4, -0.2) is 61.7 Å². The first-order chi connectivity index (χ1) is 9.21. The molecular formula is C16H37N3. The predicted octanol–water partition coefficient (Wildman–Crippen LogP) is 2.82. The zero-order chi connectivity index (χ0) is 14.5. The van der Waals surface area contributed by atoms with Gasteiger partial charge in [0.25, 0.3) is 0 Å². The maximum atomic E-state index is 3.65. The van der Waals surface area contributed by atoms with Gasteiger partial charge in [-0.25, -0.2) is 0 Å². The van der Waals surface area contributed by atoms with Crippen molar-refractivity contribution in [3.05, 3.63) is 0 Å². The van der Waals surface area contributed by atoms with E-state index < -0.39 is 0 Å². The van der Waals surface area contributed by atoms with E-state index in [1.54, 1.807) is 0 Å². The van der Waals surface area contributed by atoms with E-state index >= 15 is 0 Å². The summed E-state index contributed by atoms with van der Waals surface area (Å²) in [4.78, 5) is 5.11. The molecule has 3 heteroatoms. The van der Waals surface area contributed by atoms with Gasteiger partial charge in [-0.05, 0) is 58.5 Å². The van der Waals surface area contributed by atoms with Crippen LogP contribution < -0.4 is 5.32 Å². The highest BCUT2D eigenvalue weighted by Crippen LogP contribution is 2.00. The fraction of sp³-hybridized carbons (Fsp3) is 1.00. The van der Waals surface area contributed by atoms with Gasteiger partial charge in [-0.3, -0.25) is 0 Å². The normalized spacial score (nSPS) is 13.4. The lowest BCUT2D eigenvalue weighted by molar-refractivity contribution is 0.223. The van der Waals surface area contributed by atoms with E-state index in [9.17, 15) is 0 Å². The van der Waals surface area contributed by atoms with Crippen LogP contribution in [0.5, 0.6) is 0 Å². The molecule has 0 aliphatic heterocycles. The molecule has 0 aromatic carbocycles. The van der Waals surface area contributed by atoms with Crippen molar-refractivity contribution in [3.8, 4) is 0 Å². The molecule has 1 unspecified atom stereocenters. The topological polar surface area (TPSA) is 18.5 Å². The maximum Gasteiger partial charge on any atom is 0.0192 e. The minimum absolute atomic E-state index is 0.661. The van der Waals surface area contributed by atoms with E-state index in [-0.39, 0.29) is 0 Å². The Kier molecular flexibility index (Phi) is 12.8. The third-order valence-corrected chi connectivity index (χ3v) is 3.94. The Labute approximate surface area is 121 Å². The second-order valence-corrected chi connectivity index (χ2v) is 5.33. The van der Waals surface area contributed by atoms with E-state index in [1.165, 1.54) is 58.5 Å². The summed E-state index contributed by atoms with van der Waals surface area (Å²) in [6, 6.07) is 0.661. The Morgan fingerprint density at radius 1 is 0.842 bits per heavy atom. The summed E-state index contributed by atoms with van der Waals surface area (Å²) in [5, 5.41) is 3.65. The van der Waals surface area contributed by atoms with Crippen molar-refractivity contribution in [3.63, 3.8) is 0 Å². The van der Waals surface area contributed by atoms with Crippen LogP contribution in [0.15, 0.2) is 0 Å². The third-order valence-electron chi connectivity index (χ3n) is 3.94. The van der Waals surface area contributed by atoms with Gasteiger partial charge in [-0.15, -0.1) is 0 Å². The van der Waals surface area contributed by atoms with E-state index in [4.69, 9.17) is 0 Å². The lowest BCUT2D eigenvalue weighted by atomic mass is 10.2. The highest BCUT2D eigenvalue weighted by Gasteiger charge is 2.10. The molecule has 0 rings (SSSR count). The van der Waals surface area contributed by atoms with Crippen molar-refractivity contribution < 1.29 is 0 Å². The first-order valence-electron chi connectivity index (χ1n) is 8.39. The van der Waals surface area contributed by atoms with Gasteiger partial charge < -0.3 is 15.1 Å². The van der Waals surface area contributed by atoms with E-state index in [2.05, 4.69) is 49.7 Å². The quantitative estimate of drug-likeness (QED) is 0.556. The van der Waals surface area contributed by atoms with Gasteiger partial charge >= 0.3 is 0 Å². The fourth-order valence-electron chi connectivity index (χ4n) is 2.43. The van der Waals surface area contributed by atoms with Gasteiger partial charge in [0.05, 0.1) is 0 Å². The lowest BCUT2D eigenvalue weighted by Gasteiger charge is -2.27. The summed E-state index contributed by atoms with van der Waals surface area (Å²) in [6.07, 6.45) is 3.75. The number of nitrogens with zero attached hydrogens (tertiary/aromatic N) is 2. The standard InChI is InChI=1S/C16H37N3/c1-6-12-17-16(7-2)15-19(10-5)14-11-13-18(8-3)9-4/h16-17H,6-15H2,1-5H3. The molecule has 3 nitrogen and oxygen atoms in total. The third kappa shape index (κ3) is 9.42. The Morgan fingerprint density at radius 2 is 1.42 bits per heavy atom. The maximum absolute atomic E-state index is 3.65. The molecule has 0 saturated heterocycles. The van der Waals surface area contributed by atoms with Crippen LogP contribution in [0.3, 0.4) is 0 Å². The zero-order valence-corrected chi connectivity index (χ0v) is 14.0. The molecule has 116 valence electrons. The Bertz CT molecular complexity index is 181. The van der Waals surface area contributed by atoms with Crippen molar-refractivity contribution in [2.75, 3.05) is 45.8 Å². The minimum Gasteiger partial charge on any atom is -0.313 e. The SMILES string of the molecule is CCCNC(CC)CN(CC)CCCN(CC)CC. The average Bonchev–Trinajstić information content (AvgIpc) is 2.45. The van der Waals surface area contributed by atoms with Crippen LogP contribution in [0.25, 0.3) is 0 Å². The number of hydrogen-bond acceptors (Lipinski definition) is 3. The van der Waals surface area contributed by atoms with Gasteiger partial charge in [-0.2, -0.15) is 0 Å². The van der Waals surface area contributed by atoms with E-state index in [0.717, 1.165) is 6.54 Å². The second kappa shape index (κ2) is 12.9. The molecule has 0 amide bonds. The first kappa shape index (κ1) is 18.9. The molecule has 19 heavy (non-hydrogen) atoms. The number of nitrogens with one attached hydrogen (secondary N) is 1. The van der Waals surface area contributed by atoms with Gasteiger partial charge in [0, 0.05) is 12.6 Å². The summed E-state index contributed by atoms with van der Waals surface area (Å²) in [7, 11) is 0. The molecule has 0 bridgehead atoms. The molecule has 0 radical (unpaired) electrons. The number of likely N-dealkylation sites (N-methyl/N-ethyl adjacent to an activating group) is 1. The molecule has 0 saturated carbocycles. The summed E-state index contributed by atoms with van der Waals surface area (Å²) in [5.74, 6) is 0. The molecule has 1 N–H and O–H groups in total. The fourth-order valence-corrected chi connectivity index (χ4v) is 2.43. The molecule has 0 spiro atoms. The van der Waals surface area contributed by atoms with Crippen molar-refractivity contribution in [2.45, 2.75) is 59.9 Å². The van der Waals surface area contributed by atoms with Crippen LogP contribution in [0.1, 0.15) is 53.9 Å². The lowest BCUT2D eigenvalue weighted by Crippen LogP contribution is -2.42. The van der Waals surface area contributed by atoms with Crippen LogP contribution in [-0.2, 0) is 0 Å². The van der Waals surface area contributed by atoms with Crippen LogP contribution in [0.4, 0.5) is 0 Å². The Hall–Kier alpha value is -0.120. The number of rotatable bonds is 13. The Morgan fingerprint density at radius 3 is 1.89 bits per heavy atom. The average molecular weight is 271 g/mol. The molecule has 0 fully saturated rings. The summed E-state index contributed by atoms with van der Waals surface area (Å²) in [5.41, 5.74) is 0. The van der Waals surface area contributed by atoms with Crippen molar-refractivity contribution in [1.29, 1.82) is 0 Å². The molecule has 1 atom stereocenters. The molecule has 0 aromatic heterocycles. The van der Waals surface area contributed by atoms with Crippen LogP contribution in [0.2, 0.25) is 0 Å². The summed E-state index contributed by atoms with van der Waals surface area (Å²) in [6.45, 7) is 19.7. The zero-order valence-electron chi connectivity index (χ0n) is 14.0. The van der Waals surface area contributed by atoms with Gasteiger partial charge in [0.1, 0.15) is 0 Å². The largest absolute Gasteiger partial charge is 0.313 e. The van der Waals surface area contributed by atoms with Gasteiger partial charge in [-0.1, -0.05) is 34.6 Å². The van der Waals surface area contributed by atoms with E-state index in [1.807, 2.05) is 0 Å². The van der Waals surface area contributed by atoms with Crippen LogP contribution >= 0.6 is 0 Å². The highest BCUT2D eigenvalue weighted by molar-refractivity contribution is 4.70. The number of hydrogen-bond donors (Lipinski definition) is 1. The molecule has 0 aliphatic rings. The predicted molar refractivity (Wildman–Crippen MR) is 86.9 cm³/mol. The van der Waals surface area contributed by atoms with Crippen molar-refractivity contribution >= 4 is 0 Å². The summed E-state index contributed by atoms with van der Waals surface area (Å²) < 4.78 is 0. The highest BCUT2D eigenvalue weighted by atomic mass is 15.2. The molecular weight excluding hydrogens is 234 g/mol. The summed E-state index contributed by atoms with van der Waals surface area (Å²) >= 11 is 0. The molecule has 0 aliphatic carbocycles. The van der Waals surface area contributed by atoms with E-state index in [0.29, 0.717) is 6.04 Å². The monoisotopic (exact) mass is 271 g/mol. The molecule has 0 aromatic rings. The minimum atomic E-state index is 0.661. The smallest absolute Gasteiger partial charge is 0.0192 e. The van der Waals surface area contributed by atoms with Gasteiger partial charge in [0.15, 0.2) is 0 Å². The Balaban J connectivity index is 3.91. The van der Waals surface area contributed by atoms with Gasteiger partial charge in [0.2, 0.25) is 0 Å². The van der Waals surface area contributed by atoms with Crippen LogP contribution in [0, 0.1) is 0 Å². The van der Waals surface area contributed by atoms with Crippen molar-refractivity contribution in [2.24, 2.45) is 0 Å². The first-order valence-corrected chi connectivity index (χ1v) is 8.39.